The van der Waals surface area contributed by atoms with Crippen LogP contribution in [0.4, 0.5) is 0 Å². The monoisotopic (exact) mass is 297 g/mol. The summed E-state index contributed by atoms with van der Waals surface area (Å²) in [6.07, 6.45) is 0.772. The first kappa shape index (κ1) is 16.5. The average Bonchev–Trinajstić information content (AvgIpc) is 2.40. The first-order valence-corrected chi connectivity index (χ1v) is 6.90. The molecule has 1 amide bonds. The smallest absolute Gasteiger partial charge is 0.261 e. The third-order valence-corrected chi connectivity index (χ3v) is 3.35. The molecule has 1 aromatic rings. The van der Waals surface area contributed by atoms with Gasteiger partial charge < -0.3 is 10.1 Å². The third kappa shape index (κ3) is 4.53. The van der Waals surface area contributed by atoms with E-state index in [0.29, 0.717) is 22.6 Å². The molecule has 20 heavy (non-hydrogen) atoms. The zero-order valence-electron chi connectivity index (χ0n) is 12.2. The van der Waals surface area contributed by atoms with Crippen molar-refractivity contribution in [2.24, 2.45) is 0 Å². The second-order valence-electron chi connectivity index (χ2n) is 5.29. The van der Waals surface area contributed by atoms with Crippen molar-refractivity contribution < 1.29 is 14.3 Å². The van der Waals surface area contributed by atoms with Gasteiger partial charge in [0.1, 0.15) is 5.75 Å². The Labute approximate surface area is 124 Å². The van der Waals surface area contributed by atoms with Crippen LogP contribution in [0.15, 0.2) is 18.2 Å². The molecule has 1 N–H and O–H groups in total. The van der Waals surface area contributed by atoms with Crippen molar-refractivity contribution >= 4 is 23.8 Å². The van der Waals surface area contributed by atoms with E-state index in [9.17, 15) is 9.59 Å². The average molecular weight is 298 g/mol. The molecule has 0 bridgehead atoms. The number of amides is 1. The van der Waals surface area contributed by atoms with Gasteiger partial charge in [0.15, 0.2) is 12.4 Å². The molecular weight excluding hydrogens is 278 g/mol. The molecule has 0 radical (unpaired) electrons. The lowest BCUT2D eigenvalue weighted by Crippen LogP contribution is -2.48. The molecule has 1 aromatic carbocycles. The summed E-state index contributed by atoms with van der Waals surface area (Å²) in [6.45, 7) is 7.52. The molecule has 0 aliphatic heterocycles. The molecule has 0 fully saturated rings. The van der Waals surface area contributed by atoms with Gasteiger partial charge in [-0.05, 0) is 45.4 Å². The van der Waals surface area contributed by atoms with Crippen molar-refractivity contribution in [1.29, 1.82) is 0 Å². The molecule has 5 heteroatoms. The Morgan fingerprint density at radius 1 is 1.50 bits per heavy atom. The first-order chi connectivity index (χ1) is 9.29. The second-order valence-corrected chi connectivity index (χ2v) is 5.72. The number of nitrogens with one attached hydrogen (secondary N) is 1. The van der Waals surface area contributed by atoms with Crippen molar-refractivity contribution in [2.45, 2.75) is 45.8 Å². The predicted molar refractivity (Wildman–Crippen MR) is 79.4 cm³/mol. The summed E-state index contributed by atoms with van der Waals surface area (Å²) in [4.78, 5) is 23.0. The molecule has 0 aromatic heterocycles. The summed E-state index contributed by atoms with van der Waals surface area (Å²) in [5.41, 5.74) is 0.0363. The molecule has 0 heterocycles. The van der Waals surface area contributed by atoms with Gasteiger partial charge in [0.05, 0.1) is 5.56 Å². The minimum atomic E-state index is -0.694. The Morgan fingerprint density at radius 2 is 2.15 bits per heavy atom. The van der Waals surface area contributed by atoms with Gasteiger partial charge in [-0.2, -0.15) is 0 Å². The summed E-state index contributed by atoms with van der Waals surface area (Å²) in [6, 6.07) is 4.70. The van der Waals surface area contributed by atoms with Crippen LogP contribution in [-0.4, -0.2) is 23.8 Å². The van der Waals surface area contributed by atoms with Crippen molar-refractivity contribution in [1.82, 2.24) is 5.32 Å². The van der Waals surface area contributed by atoms with E-state index < -0.39 is 6.10 Å². The Kier molecular flexibility index (Phi) is 5.57. The van der Waals surface area contributed by atoms with Gasteiger partial charge in [-0.1, -0.05) is 18.5 Å². The maximum atomic E-state index is 12.0. The van der Waals surface area contributed by atoms with E-state index in [1.54, 1.807) is 19.1 Å². The summed E-state index contributed by atoms with van der Waals surface area (Å²) < 4.78 is 5.54. The van der Waals surface area contributed by atoms with Crippen LogP contribution in [0.5, 0.6) is 5.75 Å². The van der Waals surface area contributed by atoms with E-state index in [1.807, 2.05) is 20.8 Å². The van der Waals surface area contributed by atoms with E-state index >= 15 is 0 Å². The molecule has 1 rings (SSSR count). The minimum Gasteiger partial charge on any atom is -0.480 e. The number of ether oxygens (including phenoxy) is 1. The number of carbonyl (C=O) groups is 2. The lowest BCUT2D eigenvalue weighted by Gasteiger charge is -2.26. The quantitative estimate of drug-likeness (QED) is 0.820. The number of hydrogen-bond donors (Lipinski definition) is 1. The van der Waals surface area contributed by atoms with Gasteiger partial charge in [0, 0.05) is 10.6 Å². The number of halogens is 1. The number of benzene rings is 1. The highest BCUT2D eigenvalue weighted by molar-refractivity contribution is 6.30. The van der Waals surface area contributed by atoms with Crippen LogP contribution >= 0.6 is 11.6 Å². The van der Waals surface area contributed by atoms with Crippen molar-refractivity contribution in [3.8, 4) is 5.75 Å². The topological polar surface area (TPSA) is 55.4 Å². The molecule has 0 saturated heterocycles. The van der Waals surface area contributed by atoms with Gasteiger partial charge in [0.2, 0.25) is 0 Å². The standard InChI is InChI=1S/C15H20ClNO3/c1-5-15(3,4)17-14(19)10(2)20-13-7-6-12(16)8-11(13)9-18/h6-10H,5H2,1-4H3,(H,17,19). The zero-order valence-corrected chi connectivity index (χ0v) is 13.0. The largest absolute Gasteiger partial charge is 0.480 e. The predicted octanol–water partition coefficient (Wildman–Crippen LogP) is 3.22. The van der Waals surface area contributed by atoms with E-state index in [4.69, 9.17) is 16.3 Å². The molecule has 0 spiro atoms. The Hall–Kier alpha value is -1.55. The van der Waals surface area contributed by atoms with Crippen LogP contribution in [0.2, 0.25) is 5.02 Å². The lowest BCUT2D eigenvalue weighted by atomic mass is 10.0. The highest BCUT2D eigenvalue weighted by atomic mass is 35.5. The van der Waals surface area contributed by atoms with Gasteiger partial charge in [0.25, 0.3) is 5.91 Å². The Balaban J connectivity index is 2.78. The van der Waals surface area contributed by atoms with Gasteiger partial charge in [-0.15, -0.1) is 0 Å². The molecule has 0 aliphatic carbocycles. The fourth-order valence-electron chi connectivity index (χ4n) is 1.49. The molecule has 110 valence electrons. The maximum absolute atomic E-state index is 12.0. The molecular formula is C15H20ClNO3. The lowest BCUT2D eigenvalue weighted by molar-refractivity contribution is -0.129. The summed E-state index contributed by atoms with van der Waals surface area (Å²) >= 11 is 5.81. The fraction of sp³-hybridized carbons (Fsp3) is 0.467. The third-order valence-electron chi connectivity index (χ3n) is 3.12. The number of aldehydes is 1. The summed E-state index contributed by atoms with van der Waals surface area (Å²) in [5.74, 6) is 0.130. The SMILES string of the molecule is CCC(C)(C)NC(=O)C(C)Oc1ccc(Cl)cc1C=O. The van der Waals surface area contributed by atoms with Crippen LogP contribution in [0.25, 0.3) is 0 Å². The van der Waals surface area contributed by atoms with E-state index in [-0.39, 0.29) is 11.4 Å². The van der Waals surface area contributed by atoms with Crippen LogP contribution in [-0.2, 0) is 4.79 Å². The van der Waals surface area contributed by atoms with E-state index in [0.717, 1.165) is 6.42 Å². The molecule has 4 nitrogen and oxygen atoms in total. The summed E-state index contributed by atoms with van der Waals surface area (Å²) in [5, 5.41) is 3.34. The van der Waals surface area contributed by atoms with E-state index in [2.05, 4.69) is 5.32 Å². The maximum Gasteiger partial charge on any atom is 0.261 e. The fourth-order valence-corrected chi connectivity index (χ4v) is 1.67. The summed E-state index contributed by atoms with van der Waals surface area (Å²) in [7, 11) is 0. The zero-order chi connectivity index (χ0) is 15.3. The van der Waals surface area contributed by atoms with Crippen LogP contribution in [0.3, 0.4) is 0 Å². The normalized spacial score (nSPS) is 12.7. The Bertz CT molecular complexity index is 500. The van der Waals surface area contributed by atoms with Crippen LogP contribution < -0.4 is 10.1 Å². The van der Waals surface area contributed by atoms with Gasteiger partial charge in [-0.25, -0.2) is 0 Å². The van der Waals surface area contributed by atoms with Gasteiger partial charge >= 0.3 is 0 Å². The number of carbonyl (C=O) groups excluding carboxylic acids is 2. The first-order valence-electron chi connectivity index (χ1n) is 6.52. The minimum absolute atomic E-state index is 0.219. The second kappa shape index (κ2) is 6.75. The molecule has 1 unspecified atom stereocenters. The molecule has 1 atom stereocenters. The van der Waals surface area contributed by atoms with Crippen molar-refractivity contribution in [3.05, 3.63) is 28.8 Å². The van der Waals surface area contributed by atoms with Crippen molar-refractivity contribution in [2.75, 3.05) is 0 Å². The van der Waals surface area contributed by atoms with Crippen LogP contribution in [0.1, 0.15) is 44.5 Å². The molecule has 0 aliphatic rings. The number of rotatable bonds is 6. The molecule has 0 saturated carbocycles. The highest BCUT2D eigenvalue weighted by Gasteiger charge is 2.23. The van der Waals surface area contributed by atoms with Crippen molar-refractivity contribution in [3.63, 3.8) is 0 Å². The van der Waals surface area contributed by atoms with Gasteiger partial charge in [-0.3, -0.25) is 9.59 Å². The highest BCUT2D eigenvalue weighted by Crippen LogP contribution is 2.22. The van der Waals surface area contributed by atoms with E-state index in [1.165, 1.54) is 6.07 Å². The Morgan fingerprint density at radius 3 is 2.70 bits per heavy atom. The van der Waals surface area contributed by atoms with Crippen LogP contribution in [0, 0.1) is 0 Å². The number of hydrogen-bond acceptors (Lipinski definition) is 3.